The summed E-state index contributed by atoms with van der Waals surface area (Å²) in [4.78, 5) is 0. The molecule has 19 heavy (non-hydrogen) atoms. The molecule has 0 saturated heterocycles. The van der Waals surface area contributed by atoms with Crippen molar-refractivity contribution >= 4 is 27.5 Å². The van der Waals surface area contributed by atoms with Gasteiger partial charge < -0.3 is 10.4 Å². The Labute approximate surface area is 128 Å². The molecular weight excluding hydrogens is 326 g/mol. The first kappa shape index (κ1) is 15.3. The minimum absolute atomic E-state index is 0.0899. The van der Waals surface area contributed by atoms with Crippen molar-refractivity contribution in [2.45, 2.75) is 39.3 Å². The Hall–Kier alpha value is -0.0900. The van der Waals surface area contributed by atoms with E-state index in [9.17, 15) is 5.11 Å². The van der Waals surface area contributed by atoms with Gasteiger partial charge in [-0.25, -0.2) is 0 Å². The second-order valence-corrected chi connectivity index (χ2v) is 7.21. The maximum atomic E-state index is 10.2. The molecule has 1 aromatic rings. The Bertz CT molecular complexity index is 446. The Morgan fingerprint density at radius 2 is 2.11 bits per heavy atom. The molecule has 1 aliphatic rings. The van der Waals surface area contributed by atoms with E-state index in [1.807, 2.05) is 18.2 Å². The third kappa shape index (κ3) is 3.72. The van der Waals surface area contributed by atoms with E-state index in [0.717, 1.165) is 41.0 Å². The molecular formula is C15H21BrClNO. The van der Waals surface area contributed by atoms with E-state index in [1.54, 1.807) is 0 Å². The number of halogens is 2. The van der Waals surface area contributed by atoms with Crippen molar-refractivity contribution in [3.05, 3.63) is 33.3 Å². The van der Waals surface area contributed by atoms with E-state index >= 15 is 0 Å². The van der Waals surface area contributed by atoms with Gasteiger partial charge in [-0.3, -0.25) is 0 Å². The van der Waals surface area contributed by atoms with E-state index in [4.69, 9.17) is 11.6 Å². The molecule has 2 N–H and O–H groups in total. The summed E-state index contributed by atoms with van der Waals surface area (Å²) in [6.45, 7) is 5.76. The molecule has 4 heteroatoms. The summed E-state index contributed by atoms with van der Waals surface area (Å²) in [6, 6.07) is 5.88. The lowest BCUT2D eigenvalue weighted by atomic mass is 9.90. The fourth-order valence-electron chi connectivity index (χ4n) is 2.57. The van der Waals surface area contributed by atoms with Gasteiger partial charge in [0.1, 0.15) is 0 Å². The molecule has 0 bridgehead atoms. The van der Waals surface area contributed by atoms with E-state index in [1.165, 1.54) is 0 Å². The van der Waals surface area contributed by atoms with Crippen molar-refractivity contribution in [3.63, 3.8) is 0 Å². The lowest BCUT2D eigenvalue weighted by Gasteiger charge is -2.26. The van der Waals surface area contributed by atoms with Crippen LogP contribution in [0.25, 0.3) is 0 Å². The number of benzene rings is 1. The lowest BCUT2D eigenvalue weighted by Crippen LogP contribution is -2.36. The summed E-state index contributed by atoms with van der Waals surface area (Å²) in [7, 11) is 0. The van der Waals surface area contributed by atoms with Crippen LogP contribution in [-0.4, -0.2) is 17.8 Å². The minimum atomic E-state index is -0.210. The van der Waals surface area contributed by atoms with Gasteiger partial charge in [0.05, 0.1) is 6.10 Å². The van der Waals surface area contributed by atoms with Crippen molar-refractivity contribution in [2.75, 3.05) is 6.54 Å². The summed E-state index contributed by atoms with van der Waals surface area (Å²) < 4.78 is 1.04. The van der Waals surface area contributed by atoms with Crippen molar-refractivity contribution in [1.29, 1.82) is 0 Å². The van der Waals surface area contributed by atoms with Crippen LogP contribution < -0.4 is 5.32 Å². The second kappa shape index (κ2) is 6.13. The van der Waals surface area contributed by atoms with Gasteiger partial charge in [-0.15, -0.1) is 0 Å². The zero-order chi connectivity index (χ0) is 14.0. The Morgan fingerprint density at radius 3 is 2.68 bits per heavy atom. The molecule has 1 aromatic carbocycles. The second-order valence-electron chi connectivity index (χ2n) is 5.89. The molecule has 2 rings (SSSR count). The van der Waals surface area contributed by atoms with Crippen molar-refractivity contribution in [3.8, 4) is 0 Å². The standard InChI is InChI=1S/C15H21BrClNO/c1-10(2)14(19)15(5-6-15)9-18-8-11-7-12(16)3-4-13(11)17/h3-4,7,10,14,18-19H,5-6,8-9H2,1-2H3/t14-/m1/s1. The number of aliphatic hydroxyl groups is 1. The molecule has 1 saturated carbocycles. The largest absolute Gasteiger partial charge is 0.392 e. The van der Waals surface area contributed by atoms with Crippen LogP contribution in [0.1, 0.15) is 32.3 Å². The molecule has 0 heterocycles. The van der Waals surface area contributed by atoms with Gasteiger partial charge in [0.2, 0.25) is 0 Å². The zero-order valence-corrected chi connectivity index (χ0v) is 13.8. The average molecular weight is 347 g/mol. The van der Waals surface area contributed by atoms with Crippen LogP contribution in [0.2, 0.25) is 5.02 Å². The SMILES string of the molecule is CC(C)[C@@H](O)C1(CNCc2cc(Br)ccc2Cl)CC1. The first-order valence-electron chi connectivity index (χ1n) is 6.77. The quantitative estimate of drug-likeness (QED) is 0.816. The Kier molecular flexibility index (Phi) is 4.93. The highest BCUT2D eigenvalue weighted by Crippen LogP contribution is 2.50. The maximum Gasteiger partial charge on any atom is 0.0631 e. The summed E-state index contributed by atoms with van der Waals surface area (Å²) >= 11 is 9.62. The molecule has 0 unspecified atom stereocenters. The number of hydrogen-bond donors (Lipinski definition) is 2. The molecule has 0 spiro atoms. The van der Waals surface area contributed by atoms with Crippen LogP contribution in [0, 0.1) is 11.3 Å². The Morgan fingerprint density at radius 1 is 1.42 bits per heavy atom. The third-order valence-corrected chi connectivity index (χ3v) is 4.81. The molecule has 0 aromatic heterocycles. The molecule has 2 nitrogen and oxygen atoms in total. The van der Waals surface area contributed by atoms with Gasteiger partial charge in [0, 0.05) is 28.0 Å². The van der Waals surface area contributed by atoms with E-state index < -0.39 is 0 Å². The van der Waals surface area contributed by atoms with Crippen molar-refractivity contribution in [1.82, 2.24) is 5.32 Å². The van der Waals surface area contributed by atoms with Gasteiger partial charge in [-0.05, 0) is 42.5 Å². The van der Waals surface area contributed by atoms with Crippen LogP contribution in [-0.2, 0) is 6.54 Å². The van der Waals surface area contributed by atoms with E-state index in [-0.39, 0.29) is 11.5 Å². The van der Waals surface area contributed by atoms with Crippen LogP contribution >= 0.6 is 27.5 Å². The van der Waals surface area contributed by atoms with E-state index in [0.29, 0.717) is 5.92 Å². The van der Waals surface area contributed by atoms with Gasteiger partial charge in [0.25, 0.3) is 0 Å². The molecule has 106 valence electrons. The summed E-state index contributed by atoms with van der Waals surface area (Å²) in [6.07, 6.45) is 2.02. The number of rotatable bonds is 6. The Balaban J connectivity index is 1.89. The molecule has 1 fully saturated rings. The fraction of sp³-hybridized carbons (Fsp3) is 0.600. The van der Waals surface area contributed by atoms with Gasteiger partial charge in [0.15, 0.2) is 0 Å². The zero-order valence-electron chi connectivity index (χ0n) is 11.4. The fourth-order valence-corrected chi connectivity index (χ4v) is 3.16. The lowest BCUT2D eigenvalue weighted by molar-refractivity contribution is 0.0502. The normalized spacial score (nSPS) is 18.6. The number of hydrogen-bond acceptors (Lipinski definition) is 2. The number of nitrogens with one attached hydrogen (secondary N) is 1. The smallest absolute Gasteiger partial charge is 0.0631 e. The van der Waals surface area contributed by atoms with E-state index in [2.05, 4.69) is 35.1 Å². The maximum absolute atomic E-state index is 10.2. The molecule has 1 atom stereocenters. The molecule has 0 amide bonds. The summed E-state index contributed by atoms with van der Waals surface area (Å²) in [5.41, 5.74) is 1.18. The van der Waals surface area contributed by atoms with Gasteiger partial charge in [-0.2, -0.15) is 0 Å². The first-order valence-corrected chi connectivity index (χ1v) is 7.94. The predicted molar refractivity (Wildman–Crippen MR) is 83.4 cm³/mol. The van der Waals surface area contributed by atoms with Crippen LogP contribution in [0.15, 0.2) is 22.7 Å². The highest BCUT2D eigenvalue weighted by atomic mass is 79.9. The highest BCUT2D eigenvalue weighted by molar-refractivity contribution is 9.10. The van der Waals surface area contributed by atoms with Gasteiger partial charge >= 0.3 is 0 Å². The third-order valence-electron chi connectivity index (χ3n) is 3.95. The number of aliphatic hydroxyl groups excluding tert-OH is 1. The predicted octanol–water partition coefficient (Wildman–Crippen LogP) is 3.99. The first-order chi connectivity index (χ1) is 8.94. The van der Waals surface area contributed by atoms with Gasteiger partial charge in [-0.1, -0.05) is 41.4 Å². The highest BCUT2D eigenvalue weighted by Gasteiger charge is 2.49. The minimum Gasteiger partial charge on any atom is -0.392 e. The van der Waals surface area contributed by atoms with Crippen LogP contribution in [0.3, 0.4) is 0 Å². The van der Waals surface area contributed by atoms with Crippen LogP contribution in [0.4, 0.5) is 0 Å². The average Bonchev–Trinajstić information content (AvgIpc) is 3.13. The topological polar surface area (TPSA) is 32.3 Å². The molecule has 1 aliphatic carbocycles. The van der Waals surface area contributed by atoms with Crippen molar-refractivity contribution < 1.29 is 5.11 Å². The monoisotopic (exact) mass is 345 g/mol. The summed E-state index contributed by atoms with van der Waals surface area (Å²) in [5, 5.41) is 14.5. The van der Waals surface area contributed by atoms with Crippen LogP contribution in [0.5, 0.6) is 0 Å². The summed E-state index contributed by atoms with van der Waals surface area (Å²) in [5.74, 6) is 0.318. The molecule has 0 radical (unpaired) electrons. The van der Waals surface area contributed by atoms with Crippen molar-refractivity contribution in [2.24, 2.45) is 11.3 Å². The molecule has 0 aliphatic heterocycles.